The van der Waals surface area contributed by atoms with Gasteiger partial charge in [0.1, 0.15) is 0 Å². The normalized spacial score (nSPS) is 12.0. The second kappa shape index (κ2) is 6.47. The summed E-state index contributed by atoms with van der Waals surface area (Å²) in [6.45, 7) is 7.70. The van der Waals surface area contributed by atoms with E-state index in [2.05, 4.69) is 20.8 Å². The molecule has 0 fully saturated rings. The highest BCUT2D eigenvalue weighted by atomic mass is 16.5. The zero-order chi connectivity index (χ0) is 9.45. The van der Waals surface area contributed by atoms with Crippen LogP contribution in [-0.2, 0) is 4.74 Å². The standard InChI is InChI=1S/C11H24O/c1-5-6-7-8-9-11(2,3)10-12-4/h5-10H2,1-4H3. The van der Waals surface area contributed by atoms with Crippen molar-refractivity contribution in [1.82, 2.24) is 0 Å². The molecule has 0 amide bonds. The average molecular weight is 172 g/mol. The van der Waals surface area contributed by atoms with Gasteiger partial charge < -0.3 is 4.74 Å². The molecule has 0 aromatic rings. The van der Waals surface area contributed by atoms with Crippen molar-refractivity contribution in [2.24, 2.45) is 5.41 Å². The Morgan fingerprint density at radius 2 is 1.75 bits per heavy atom. The summed E-state index contributed by atoms with van der Waals surface area (Å²) in [7, 11) is 1.79. The fourth-order valence-electron chi connectivity index (χ4n) is 1.49. The summed E-state index contributed by atoms with van der Waals surface area (Å²) in [5.41, 5.74) is 0.377. The van der Waals surface area contributed by atoms with E-state index in [1.54, 1.807) is 7.11 Å². The van der Waals surface area contributed by atoms with E-state index in [9.17, 15) is 0 Å². The number of hydrogen-bond donors (Lipinski definition) is 0. The molecule has 0 radical (unpaired) electrons. The number of methoxy groups -OCH3 is 1. The molecule has 74 valence electrons. The number of unbranched alkanes of at least 4 members (excludes halogenated alkanes) is 3. The summed E-state index contributed by atoms with van der Waals surface area (Å²) in [4.78, 5) is 0. The monoisotopic (exact) mass is 172 g/mol. The largest absolute Gasteiger partial charge is 0.384 e. The van der Waals surface area contributed by atoms with E-state index in [1.165, 1.54) is 32.1 Å². The molecule has 0 rings (SSSR count). The van der Waals surface area contributed by atoms with Crippen LogP contribution < -0.4 is 0 Å². The Balaban J connectivity index is 3.33. The van der Waals surface area contributed by atoms with E-state index in [4.69, 9.17) is 4.74 Å². The van der Waals surface area contributed by atoms with Crippen LogP contribution in [0.2, 0.25) is 0 Å². The minimum atomic E-state index is 0.377. The highest BCUT2D eigenvalue weighted by molar-refractivity contribution is 4.67. The van der Waals surface area contributed by atoms with Crippen LogP contribution in [0.4, 0.5) is 0 Å². The molecule has 0 atom stereocenters. The predicted molar refractivity (Wildman–Crippen MR) is 54.4 cm³/mol. The Morgan fingerprint density at radius 1 is 1.08 bits per heavy atom. The summed E-state index contributed by atoms with van der Waals surface area (Å²) >= 11 is 0. The number of hydrogen-bond acceptors (Lipinski definition) is 1. The molecule has 0 aromatic carbocycles. The summed E-state index contributed by atoms with van der Waals surface area (Å²) < 4.78 is 5.16. The Labute approximate surface area is 77.5 Å². The van der Waals surface area contributed by atoms with Gasteiger partial charge in [-0.15, -0.1) is 0 Å². The van der Waals surface area contributed by atoms with Crippen molar-refractivity contribution in [3.63, 3.8) is 0 Å². The maximum atomic E-state index is 5.16. The van der Waals surface area contributed by atoms with Crippen molar-refractivity contribution in [3.8, 4) is 0 Å². The minimum Gasteiger partial charge on any atom is -0.384 e. The molecule has 0 saturated heterocycles. The Morgan fingerprint density at radius 3 is 2.25 bits per heavy atom. The number of rotatable bonds is 7. The Kier molecular flexibility index (Phi) is 6.45. The second-order valence-corrected chi connectivity index (χ2v) is 4.41. The van der Waals surface area contributed by atoms with Gasteiger partial charge in [-0.2, -0.15) is 0 Å². The molecule has 0 bridgehead atoms. The van der Waals surface area contributed by atoms with Crippen LogP contribution in [0.3, 0.4) is 0 Å². The molecule has 0 aliphatic carbocycles. The van der Waals surface area contributed by atoms with Crippen LogP contribution in [0, 0.1) is 5.41 Å². The second-order valence-electron chi connectivity index (χ2n) is 4.41. The molecular weight excluding hydrogens is 148 g/mol. The lowest BCUT2D eigenvalue weighted by molar-refractivity contribution is 0.0962. The van der Waals surface area contributed by atoms with Gasteiger partial charge in [0.2, 0.25) is 0 Å². The molecule has 0 heterocycles. The van der Waals surface area contributed by atoms with Crippen LogP contribution in [-0.4, -0.2) is 13.7 Å². The van der Waals surface area contributed by atoms with Crippen LogP contribution in [0.25, 0.3) is 0 Å². The van der Waals surface area contributed by atoms with Gasteiger partial charge in [-0.05, 0) is 11.8 Å². The average Bonchev–Trinajstić information content (AvgIpc) is 1.98. The first-order valence-corrected chi connectivity index (χ1v) is 5.11. The molecular formula is C11H24O. The van der Waals surface area contributed by atoms with Crippen molar-refractivity contribution >= 4 is 0 Å². The van der Waals surface area contributed by atoms with E-state index in [1.807, 2.05) is 0 Å². The van der Waals surface area contributed by atoms with Crippen molar-refractivity contribution in [2.45, 2.75) is 52.9 Å². The first kappa shape index (κ1) is 12.0. The first-order valence-electron chi connectivity index (χ1n) is 5.11. The van der Waals surface area contributed by atoms with E-state index < -0.39 is 0 Å². The Hall–Kier alpha value is -0.0400. The van der Waals surface area contributed by atoms with Gasteiger partial charge in [0, 0.05) is 7.11 Å². The topological polar surface area (TPSA) is 9.23 Å². The zero-order valence-corrected chi connectivity index (χ0v) is 9.15. The lowest BCUT2D eigenvalue weighted by Crippen LogP contribution is -2.17. The quantitative estimate of drug-likeness (QED) is 0.533. The molecule has 1 heteroatoms. The highest BCUT2D eigenvalue weighted by Crippen LogP contribution is 2.23. The first-order chi connectivity index (χ1) is 5.62. The molecule has 0 saturated carbocycles. The maximum absolute atomic E-state index is 5.16. The molecule has 0 spiro atoms. The van der Waals surface area contributed by atoms with Crippen LogP contribution >= 0.6 is 0 Å². The predicted octanol–water partition coefficient (Wildman–Crippen LogP) is 3.63. The molecule has 0 N–H and O–H groups in total. The van der Waals surface area contributed by atoms with Crippen LogP contribution in [0.5, 0.6) is 0 Å². The summed E-state index contributed by atoms with van der Waals surface area (Å²) in [5, 5.41) is 0. The van der Waals surface area contributed by atoms with Gasteiger partial charge in [0.05, 0.1) is 6.61 Å². The molecule has 1 nitrogen and oxygen atoms in total. The maximum Gasteiger partial charge on any atom is 0.0513 e. The van der Waals surface area contributed by atoms with E-state index in [0.29, 0.717) is 5.41 Å². The zero-order valence-electron chi connectivity index (χ0n) is 9.15. The fourth-order valence-corrected chi connectivity index (χ4v) is 1.49. The minimum absolute atomic E-state index is 0.377. The number of ether oxygens (including phenoxy) is 1. The van der Waals surface area contributed by atoms with E-state index >= 15 is 0 Å². The van der Waals surface area contributed by atoms with Crippen molar-refractivity contribution in [2.75, 3.05) is 13.7 Å². The lowest BCUT2D eigenvalue weighted by Gasteiger charge is -2.23. The van der Waals surface area contributed by atoms with Crippen molar-refractivity contribution < 1.29 is 4.74 Å². The van der Waals surface area contributed by atoms with Crippen LogP contribution in [0.1, 0.15) is 52.9 Å². The van der Waals surface area contributed by atoms with Crippen LogP contribution in [0.15, 0.2) is 0 Å². The lowest BCUT2D eigenvalue weighted by atomic mass is 9.88. The Bertz CT molecular complexity index is 97.2. The molecule has 0 aliphatic rings. The third-order valence-corrected chi connectivity index (χ3v) is 2.24. The van der Waals surface area contributed by atoms with Gasteiger partial charge in [-0.25, -0.2) is 0 Å². The van der Waals surface area contributed by atoms with Gasteiger partial charge in [-0.3, -0.25) is 0 Å². The smallest absolute Gasteiger partial charge is 0.0513 e. The molecule has 0 aromatic heterocycles. The summed E-state index contributed by atoms with van der Waals surface area (Å²) in [6, 6.07) is 0. The third kappa shape index (κ3) is 6.66. The third-order valence-electron chi connectivity index (χ3n) is 2.24. The van der Waals surface area contributed by atoms with Crippen molar-refractivity contribution in [3.05, 3.63) is 0 Å². The van der Waals surface area contributed by atoms with Gasteiger partial charge in [0.15, 0.2) is 0 Å². The van der Waals surface area contributed by atoms with Gasteiger partial charge in [-0.1, -0.05) is 46.5 Å². The highest BCUT2D eigenvalue weighted by Gasteiger charge is 2.16. The summed E-state index contributed by atoms with van der Waals surface area (Å²) in [6.07, 6.45) is 6.72. The molecule has 0 aliphatic heterocycles. The summed E-state index contributed by atoms with van der Waals surface area (Å²) in [5.74, 6) is 0. The van der Waals surface area contributed by atoms with Crippen molar-refractivity contribution in [1.29, 1.82) is 0 Å². The SMILES string of the molecule is CCCCCCC(C)(C)COC. The van der Waals surface area contributed by atoms with Gasteiger partial charge >= 0.3 is 0 Å². The van der Waals surface area contributed by atoms with Gasteiger partial charge in [0.25, 0.3) is 0 Å². The van der Waals surface area contributed by atoms with E-state index in [-0.39, 0.29) is 0 Å². The molecule has 0 unspecified atom stereocenters. The fraction of sp³-hybridized carbons (Fsp3) is 1.00. The van der Waals surface area contributed by atoms with E-state index in [0.717, 1.165) is 6.61 Å². The molecule has 12 heavy (non-hydrogen) atoms.